The van der Waals surface area contributed by atoms with Crippen molar-refractivity contribution in [2.45, 2.75) is 32.4 Å². The highest BCUT2D eigenvalue weighted by atomic mass is 32.2. The van der Waals surface area contributed by atoms with Gasteiger partial charge in [0.05, 0.1) is 11.4 Å². The number of hydrogen-bond acceptors (Lipinski definition) is 5. The monoisotopic (exact) mass is 467 g/mol. The molecular formula is C27H25N5OS. The number of carbonyl (C=O) groups excluding carboxylic acids is 1. The molecule has 4 aromatic rings. The van der Waals surface area contributed by atoms with Crippen molar-refractivity contribution in [2.24, 2.45) is 4.99 Å². The molecule has 0 fully saturated rings. The minimum absolute atomic E-state index is 0.129. The molecule has 0 spiro atoms. The normalized spacial score (nSPS) is 15.1. The number of thioether (sulfide) groups is 1. The SMILES string of the molecule is Cc1ccc(N2C(=O)/C(=C/c3ccc(C(C)C)cc3)N=C2SCc2cn3cccnc3n2)cc1. The third kappa shape index (κ3) is 4.52. The molecule has 5 rings (SSSR count). The Morgan fingerprint density at radius 3 is 2.53 bits per heavy atom. The van der Waals surface area contributed by atoms with Gasteiger partial charge in [-0.2, -0.15) is 0 Å². The van der Waals surface area contributed by atoms with Gasteiger partial charge in [-0.25, -0.2) is 15.0 Å². The molecule has 34 heavy (non-hydrogen) atoms. The number of rotatable bonds is 5. The Balaban J connectivity index is 1.45. The van der Waals surface area contributed by atoms with Crippen LogP contribution in [0.2, 0.25) is 0 Å². The van der Waals surface area contributed by atoms with Crippen LogP contribution < -0.4 is 4.90 Å². The topological polar surface area (TPSA) is 62.9 Å². The lowest BCUT2D eigenvalue weighted by molar-refractivity contribution is -0.113. The summed E-state index contributed by atoms with van der Waals surface area (Å²) in [4.78, 5) is 28.7. The zero-order valence-corrected chi connectivity index (χ0v) is 20.2. The Morgan fingerprint density at radius 2 is 1.82 bits per heavy atom. The van der Waals surface area contributed by atoms with Gasteiger partial charge in [0.2, 0.25) is 5.78 Å². The van der Waals surface area contributed by atoms with Gasteiger partial charge in [-0.15, -0.1) is 0 Å². The Labute approximate surface area is 203 Å². The molecule has 2 aromatic heterocycles. The summed E-state index contributed by atoms with van der Waals surface area (Å²) in [5.74, 6) is 1.57. The molecule has 3 heterocycles. The average molecular weight is 468 g/mol. The van der Waals surface area contributed by atoms with Crippen LogP contribution in [0.1, 0.15) is 42.1 Å². The second kappa shape index (κ2) is 9.27. The maximum atomic E-state index is 13.4. The summed E-state index contributed by atoms with van der Waals surface area (Å²) in [5.41, 5.74) is 5.47. The van der Waals surface area contributed by atoms with E-state index in [1.54, 1.807) is 11.1 Å². The molecular weight excluding hydrogens is 442 g/mol. The summed E-state index contributed by atoms with van der Waals surface area (Å²) in [5, 5.41) is 0.643. The number of amides is 1. The zero-order valence-electron chi connectivity index (χ0n) is 19.3. The summed E-state index contributed by atoms with van der Waals surface area (Å²) in [6, 6.07) is 18.1. The fourth-order valence-corrected chi connectivity index (χ4v) is 4.63. The van der Waals surface area contributed by atoms with Crippen LogP contribution in [0.15, 0.2) is 83.9 Å². The fourth-order valence-electron chi connectivity index (χ4n) is 3.74. The molecule has 0 N–H and O–H groups in total. The molecule has 0 saturated heterocycles. The van der Waals surface area contributed by atoms with Crippen molar-refractivity contribution >= 4 is 40.4 Å². The van der Waals surface area contributed by atoms with Crippen LogP contribution >= 0.6 is 11.8 Å². The fraction of sp³-hybridized carbons (Fsp3) is 0.185. The van der Waals surface area contributed by atoms with Crippen molar-refractivity contribution in [3.05, 3.63) is 101 Å². The molecule has 0 saturated carbocycles. The number of hydrogen-bond donors (Lipinski definition) is 0. The van der Waals surface area contributed by atoms with Crippen LogP contribution in [0.3, 0.4) is 0 Å². The number of carbonyl (C=O) groups is 1. The maximum Gasteiger partial charge on any atom is 0.283 e. The second-order valence-electron chi connectivity index (χ2n) is 8.57. The second-order valence-corrected chi connectivity index (χ2v) is 9.51. The molecule has 6 nitrogen and oxygen atoms in total. The molecule has 0 bridgehead atoms. The average Bonchev–Trinajstić information content (AvgIpc) is 3.39. The molecule has 170 valence electrons. The van der Waals surface area contributed by atoms with Gasteiger partial charge in [0.15, 0.2) is 5.17 Å². The van der Waals surface area contributed by atoms with Crippen molar-refractivity contribution < 1.29 is 4.79 Å². The van der Waals surface area contributed by atoms with Gasteiger partial charge in [0.25, 0.3) is 5.91 Å². The van der Waals surface area contributed by atoms with Crippen LogP contribution in [0.25, 0.3) is 11.9 Å². The van der Waals surface area contributed by atoms with Crippen LogP contribution in [0.4, 0.5) is 5.69 Å². The minimum atomic E-state index is -0.129. The molecule has 2 aromatic carbocycles. The number of imidazole rings is 1. The molecule has 1 aliphatic heterocycles. The summed E-state index contributed by atoms with van der Waals surface area (Å²) >= 11 is 1.49. The van der Waals surface area contributed by atoms with E-state index in [2.05, 4.69) is 35.9 Å². The number of benzene rings is 2. The van der Waals surface area contributed by atoms with E-state index in [1.807, 2.05) is 72.3 Å². The van der Waals surface area contributed by atoms with Gasteiger partial charge >= 0.3 is 0 Å². The van der Waals surface area contributed by atoms with Crippen molar-refractivity contribution in [3.63, 3.8) is 0 Å². The van der Waals surface area contributed by atoms with Crippen molar-refractivity contribution in [2.75, 3.05) is 4.90 Å². The van der Waals surface area contributed by atoms with Crippen LogP contribution in [-0.4, -0.2) is 25.4 Å². The van der Waals surface area contributed by atoms with Gasteiger partial charge in [0.1, 0.15) is 5.70 Å². The van der Waals surface area contributed by atoms with E-state index in [0.29, 0.717) is 28.3 Å². The summed E-state index contributed by atoms with van der Waals surface area (Å²) in [6.07, 6.45) is 7.46. The summed E-state index contributed by atoms with van der Waals surface area (Å²) in [6.45, 7) is 6.36. The van der Waals surface area contributed by atoms with E-state index >= 15 is 0 Å². The van der Waals surface area contributed by atoms with E-state index < -0.39 is 0 Å². The Hall–Kier alpha value is -3.71. The van der Waals surface area contributed by atoms with Crippen LogP contribution in [-0.2, 0) is 10.5 Å². The number of aromatic nitrogens is 3. The van der Waals surface area contributed by atoms with Gasteiger partial charge in [-0.05, 0) is 48.2 Å². The first-order chi connectivity index (χ1) is 16.5. The first kappa shape index (κ1) is 22.1. The highest BCUT2D eigenvalue weighted by Gasteiger charge is 2.32. The van der Waals surface area contributed by atoms with Crippen molar-refractivity contribution in [1.29, 1.82) is 0 Å². The van der Waals surface area contributed by atoms with Crippen LogP contribution in [0, 0.1) is 6.92 Å². The molecule has 0 aliphatic carbocycles. The molecule has 0 unspecified atom stereocenters. The van der Waals surface area contributed by atoms with Gasteiger partial charge in [-0.3, -0.25) is 14.1 Å². The molecule has 7 heteroatoms. The lowest BCUT2D eigenvalue weighted by Crippen LogP contribution is -2.30. The Kier molecular flexibility index (Phi) is 6.02. The van der Waals surface area contributed by atoms with Gasteiger partial charge in [-0.1, -0.05) is 67.6 Å². The standard InChI is InChI=1S/C27H25N5OS/c1-18(2)21-9-7-20(8-10-21)15-24-25(33)32(23-11-5-19(3)6-12-23)27(30-24)34-17-22-16-31-14-4-13-28-26(31)29-22/h4-16,18H,17H2,1-3H3/b24-15-. The predicted molar refractivity (Wildman–Crippen MR) is 139 cm³/mol. The van der Waals surface area contributed by atoms with E-state index in [4.69, 9.17) is 4.99 Å². The number of aliphatic imine (C=N–C) groups is 1. The van der Waals surface area contributed by atoms with Crippen molar-refractivity contribution in [1.82, 2.24) is 14.4 Å². The third-order valence-corrected chi connectivity index (χ3v) is 6.63. The number of amidine groups is 1. The van der Waals surface area contributed by atoms with E-state index in [0.717, 1.165) is 22.5 Å². The highest BCUT2D eigenvalue weighted by molar-refractivity contribution is 8.13. The van der Waals surface area contributed by atoms with E-state index in [-0.39, 0.29) is 5.91 Å². The van der Waals surface area contributed by atoms with Gasteiger partial charge in [0, 0.05) is 24.3 Å². The predicted octanol–water partition coefficient (Wildman–Crippen LogP) is 5.84. The maximum absolute atomic E-state index is 13.4. The van der Waals surface area contributed by atoms with Gasteiger partial charge < -0.3 is 0 Å². The molecule has 1 aliphatic rings. The zero-order chi connectivity index (χ0) is 23.7. The lowest BCUT2D eigenvalue weighted by atomic mass is 10.0. The number of aryl methyl sites for hydroxylation is 1. The smallest absolute Gasteiger partial charge is 0.283 e. The van der Waals surface area contributed by atoms with Crippen molar-refractivity contribution in [3.8, 4) is 0 Å². The lowest BCUT2D eigenvalue weighted by Gasteiger charge is -2.17. The summed E-state index contributed by atoms with van der Waals surface area (Å²) < 4.78 is 1.89. The number of anilines is 1. The molecule has 0 radical (unpaired) electrons. The van der Waals surface area contributed by atoms with E-state index in [9.17, 15) is 4.79 Å². The van der Waals surface area contributed by atoms with Crippen LogP contribution in [0.5, 0.6) is 0 Å². The quantitative estimate of drug-likeness (QED) is 0.346. The Bertz CT molecular complexity index is 1370. The summed E-state index contributed by atoms with van der Waals surface area (Å²) in [7, 11) is 0. The number of fused-ring (bicyclic) bond motifs is 1. The Morgan fingerprint density at radius 1 is 1.06 bits per heavy atom. The first-order valence-electron chi connectivity index (χ1n) is 11.2. The highest BCUT2D eigenvalue weighted by Crippen LogP contribution is 2.31. The first-order valence-corrected chi connectivity index (χ1v) is 12.2. The molecule has 1 amide bonds. The third-order valence-electron chi connectivity index (χ3n) is 5.66. The van der Waals surface area contributed by atoms with E-state index in [1.165, 1.54) is 17.3 Å². The number of nitrogens with zero attached hydrogens (tertiary/aromatic N) is 5. The minimum Gasteiger partial charge on any atom is -0.291 e. The largest absolute Gasteiger partial charge is 0.291 e. The molecule has 0 atom stereocenters.